The van der Waals surface area contributed by atoms with E-state index in [1.807, 2.05) is 24.3 Å². The number of anilines is 1. The first kappa shape index (κ1) is 19.4. The minimum absolute atomic E-state index is 0.0815. The quantitative estimate of drug-likeness (QED) is 0.774. The molecule has 1 N–H and O–H groups in total. The van der Waals surface area contributed by atoms with Crippen LogP contribution in [0.3, 0.4) is 0 Å². The lowest BCUT2D eigenvalue weighted by molar-refractivity contribution is -0.118. The number of carbonyl (C=O) groups is 1. The number of ether oxygens (including phenoxy) is 1. The van der Waals surface area contributed by atoms with E-state index in [0.29, 0.717) is 6.04 Å². The van der Waals surface area contributed by atoms with E-state index in [9.17, 15) is 9.18 Å². The molecule has 0 unspecified atom stereocenters. The fourth-order valence-corrected chi connectivity index (χ4v) is 3.59. The van der Waals surface area contributed by atoms with Crippen LogP contribution in [0.4, 0.5) is 10.1 Å². The molecule has 0 aromatic heterocycles. The highest BCUT2D eigenvalue weighted by Gasteiger charge is 2.19. The van der Waals surface area contributed by atoms with Gasteiger partial charge in [-0.05, 0) is 43.7 Å². The molecule has 3 rings (SSSR count). The molecule has 0 spiro atoms. The van der Waals surface area contributed by atoms with Gasteiger partial charge in [-0.3, -0.25) is 9.69 Å². The van der Waals surface area contributed by atoms with Crippen molar-refractivity contribution >= 4 is 11.6 Å². The van der Waals surface area contributed by atoms with Crippen LogP contribution in [0.5, 0.6) is 5.75 Å². The summed E-state index contributed by atoms with van der Waals surface area (Å²) >= 11 is 0. The van der Waals surface area contributed by atoms with E-state index in [-0.39, 0.29) is 18.3 Å². The largest absolute Gasteiger partial charge is 0.481 e. The molecule has 144 valence electrons. The summed E-state index contributed by atoms with van der Waals surface area (Å²) < 4.78 is 18.9. The number of rotatable bonds is 7. The van der Waals surface area contributed by atoms with Crippen molar-refractivity contribution in [3.8, 4) is 5.75 Å². The van der Waals surface area contributed by atoms with E-state index in [0.717, 1.165) is 17.8 Å². The number of hydrogen-bond acceptors (Lipinski definition) is 3. The Labute approximate surface area is 160 Å². The van der Waals surface area contributed by atoms with Crippen molar-refractivity contribution in [2.45, 2.75) is 44.7 Å². The minimum Gasteiger partial charge on any atom is -0.481 e. The number of nitrogens with one attached hydrogen (secondary N) is 1. The van der Waals surface area contributed by atoms with Gasteiger partial charge in [0, 0.05) is 18.3 Å². The van der Waals surface area contributed by atoms with Gasteiger partial charge in [-0.25, -0.2) is 4.39 Å². The standard InChI is InChI=1S/C22H27FN2O2/c1-25(18-10-3-2-4-11-18)15-17-9-5-7-13-20(17)24-22(26)16-27-21-14-8-6-12-19(21)23/h5-9,12-14,18H,2-4,10-11,15-16H2,1H3,(H,24,26). The van der Waals surface area contributed by atoms with E-state index in [1.165, 1.54) is 44.2 Å². The second kappa shape index (κ2) is 9.51. The van der Waals surface area contributed by atoms with Crippen molar-refractivity contribution in [1.82, 2.24) is 4.90 Å². The Hall–Kier alpha value is -2.40. The van der Waals surface area contributed by atoms with Gasteiger partial charge in [0.05, 0.1) is 0 Å². The highest BCUT2D eigenvalue weighted by molar-refractivity contribution is 5.92. The van der Waals surface area contributed by atoms with Crippen molar-refractivity contribution in [2.24, 2.45) is 0 Å². The fraction of sp³-hybridized carbons (Fsp3) is 0.409. The number of benzene rings is 2. The van der Waals surface area contributed by atoms with E-state index < -0.39 is 5.82 Å². The minimum atomic E-state index is -0.472. The predicted molar refractivity (Wildman–Crippen MR) is 105 cm³/mol. The summed E-state index contributed by atoms with van der Waals surface area (Å²) in [6.45, 7) is 0.559. The normalized spacial score (nSPS) is 14.9. The smallest absolute Gasteiger partial charge is 0.262 e. The molecular weight excluding hydrogens is 343 g/mol. The monoisotopic (exact) mass is 370 g/mol. The van der Waals surface area contributed by atoms with Crippen LogP contribution >= 0.6 is 0 Å². The van der Waals surface area contributed by atoms with Crippen LogP contribution in [0, 0.1) is 5.82 Å². The number of amides is 1. The Morgan fingerprint density at radius 1 is 1.11 bits per heavy atom. The predicted octanol–water partition coefficient (Wildman–Crippen LogP) is 4.61. The Bertz CT molecular complexity index is 759. The van der Waals surface area contributed by atoms with Gasteiger partial charge in [-0.15, -0.1) is 0 Å². The van der Waals surface area contributed by atoms with Gasteiger partial charge in [-0.2, -0.15) is 0 Å². The maximum atomic E-state index is 13.6. The zero-order valence-electron chi connectivity index (χ0n) is 15.8. The topological polar surface area (TPSA) is 41.6 Å². The fourth-order valence-electron chi connectivity index (χ4n) is 3.59. The second-order valence-corrected chi connectivity index (χ2v) is 7.13. The Morgan fingerprint density at radius 3 is 2.59 bits per heavy atom. The van der Waals surface area contributed by atoms with Crippen LogP contribution in [0.1, 0.15) is 37.7 Å². The maximum absolute atomic E-state index is 13.6. The van der Waals surface area contributed by atoms with Gasteiger partial charge in [0.1, 0.15) is 0 Å². The molecule has 2 aromatic carbocycles. The Balaban J connectivity index is 1.58. The van der Waals surface area contributed by atoms with E-state index >= 15 is 0 Å². The molecule has 1 saturated carbocycles. The van der Waals surface area contributed by atoms with Crippen LogP contribution in [0.25, 0.3) is 0 Å². The van der Waals surface area contributed by atoms with Gasteiger partial charge in [0.2, 0.25) is 0 Å². The number of halogens is 1. The molecule has 0 bridgehead atoms. The lowest BCUT2D eigenvalue weighted by Crippen LogP contribution is -2.33. The van der Waals surface area contributed by atoms with Gasteiger partial charge in [-0.1, -0.05) is 49.6 Å². The van der Waals surface area contributed by atoms with Crippen LogP contribution in [0.15, 0.2) is 48.5 Å². The van der Waals surface area contributed by atoms with Gasteiger partial charge in [0.25, 0.3) is 5.91 Å². The molecule has 0 heterocycles. The highest BCUT2D eigenvalue weighted by atomic mass is 19.1. The zero-order chi connectivity index (χ0) is 19.1. The third kappa shape index (κ3) is 5.54. The summed E-state index contributed by atoms with van der Waals surface area (Å²) in [5, 5.41) is 2.90. The van der Waals surface area contributed by atoms with Gasteiger partial charge >= 0.3 is 0 Å². The first-order valence-electron chi connectivity index (χ1n) is 9.59. The van der Waals surface area contributed by atoms with E-state index in [4.69, 9.17) is 4.74 Å². The molecule has 0 radical (unpaired) electrons. The molecule has 4 nitrogen and oxygen atoms in total. The molecular formula is C22H27FN2O2. The molecule has 0 atom stereocenters. The summed E-state index contributed by atoms with van der Waals surface area (Å²) in [5.41, 5.74) is 1.85. The molecule has 1 aliphatic carbocycles. The lowest BCUT2D eigenvalue weighted by atomic mass is 9.94. The average molecular weight is 370 g/mol. The van der Waals surface area contributed by atoms with Crippen LogP contribution in [-0.4, -0.2) is 30.5 Å². The van der Waals surface area contributed by atoms with Gasteiger partial charge in [0.15, 0.2) is 18.2 Å². The molecule has 1 fully saturated rings. The van der Waals surface area contributed by atoms with Crippen molar-refractivity contribution in [1.29, 1.82) is 0 Å². The number of carbonyl (C=O) groups excluding carboxylic acids is 1. The highest BCUT2D eigenvalue weighted by Crippen LogP contribution is 2.25. The van der Waals surface area contributed by atoms with E-state index in [1.54, 1.807) is 12.1 Å². The average Bonchev–Trinajstić information content (AvgIpc) is 2.69. The second-order valence-electron chi connectivity index (χ2n) is 7.13. The number of para-hydroxylation sites is 2. The van der Waals surface area contributed by atoms with Gasteiger partial charge < -0.3 is 10.1 Å². The van der Waals surface area contributed by atoms with Crippen molar-refractivity contribution in [2.75, 3.05) is 19.0 Å². The summed E-state index contributed by atoms with van der Waals surface area (Å²) in [6.07, 6.45) is 6.39. The van der Waals surface area contributed by atoms with Crippen molar-refractivity contribution in [3.05, 3.63) is 59.9 Å². The zero-order valence-corrected chi connectivity index (χ0v) is 15.8. The van der Waals surface area contributed by atoms with Crippen LogP contribution in [0.2, 0.25) is 0 Å². The molecule has 2 aromatic rings. The van der Waals surface area contributed by atoms with Crippen molar-refractivity contribution < 1.29 is 13.9 Å². The number of hydrogen-bond donors (Lipinski definition) is 1. The van der Waals surface area contributed by atoms with Crippen LogP contribution < -0.4 is 10.1 Å². The summed E-state index contributed by atoms with van der Waals surface area (Å²) in [7, 11) is 2.15. The Morgan fingerprint density at radius 2 is 1.81 bits per heavy atom. The molecule has 27 heavy (non-hydrogen) atoms. The first-order valence-corrected chi connectivity index (χ1v) is 9.59. The molecule has 0 aliphatic heterocycles. The third-order valence-electron chi connectivity index (χ3n) is 5.10. The van der Waals surface area contributed by atoms with Crippen molar-refractivity contribution in [3.63, 3.8) is 0 Å². The Kier molecular flexibility index (Phi) is 6.82. The van der Waals surface area contributed by atoms with E-state index in [2.05, 4.69) is 17.3 Å². The summed E-state index contributed by atoms with van der Waals surface area (Å²) in [5.74, 6) is -0.691. The molecule has 0 saturated heterocycles. The summed E-state index contributed by atoms with van der Waals surface area (Å²) in [4.78, 5) is 14.6. The molecule has 5 heteroatoms. The molecule has 1 aliphatic rings. The first-order chi connectivity index (χ1) is 13.1. The SMILES string of the molecule is CN(Cc1ccccc1NC(=O)COc1ccccc1F)C1CCCCC1. The van der Waals surface area contributed by atoms with Crippen LogP contribution in [-0.2, 0) is 11.3 Å². The number of nitrogens with zero attached hydrogens (tertiary/aromatic N) is 1. The third-order valence-corrected chi connectivity index (χ3v) is 5.10. The summed E-state index contributed by atoms with van der Waals surface area (Å²) in [6, 6.07) is 14.5. The maximum Gasteiger partial charge on any atom is 0.262 e. The molecule has 1 amide bonds. The lowest BCUT2D eigenvalue weighted by Gasteiger charge is -2.31.